The average Bonchev–Trinajstić information content (AvgIpc) is 3.19. The fourth-order valence-corrected chi connectivity index (χ4v) is 3.47. The molecule has 0 aliphatic carbocycles. The summed E-state index contributed by atoms with van der Waals surface area (Å²) in [5.74, 6) is 0.144. The van der Waals surface area contributed by atoms with E-state index in [0.717, 1.165) is 5.56 Å². The van der Waals surface area contributed by atoms with E-state index in [9.17, 15) is 9.59 Å². The third-order valence-corrected chi connectivity index (χ3v) is 5.63. The van der Waals surface area contributed by atoms with Crippen molar-refractivity contribution in [2.45, 2.75) is 11.9 Å². The first-order chi connectivity index (χ1) is 13.0. The van der Waals surface area contributed by atoms with Crippen LogP contribution < -0.4 is 10.6 Å². The zero-order valence-corrected chi connectivity index (χ0v) is 16.6. The van der Waals surface area contributed by atoms with Gasteiger partial charge in [0.1, 0.15) is 5.03 Å². The van der Waals surface area contributed by atoms with Crippen LogP contribution in [0.2, 0.25) is 5.02 Å². The number of anilines is 2. The Morgan fingerprint density at radius 2 is 2.00 bits per heavy atom. The van der Waals surface area contributed by atoms with Crippen molar-refractivity contribution in [3.05, 3.63) is 63.3 Å². The summed E-state index contributed by atoms with van der Waals surface area (Å²) in [4.78, 5) is 24.6. The SMILES string of the molecule is Cc1ccc(NC(=O)CSc2ccc(NC(=O)c3cccs3)nn2)cc1Cl. The molecule has 0 spiro atoms. The molecule has 0 saturated heterocycles. The first-order valence-electron chi connectivity index (χ1n) is 7.88. The number of thiophene rings is 1. The lowest BCUT2D eigenvalue weighted by Gasteiger charge is -2.07. The standard InChI is InChI=1S/C18H15ClN4O2S2/c1-11-4-5-12(9-13(11)19)20-16(24)10-27-17-7-6-15(22-23-17)21-18(25)14-3-2-8-26-14/h2-9H,10H2,1H3,(H,20,24)(H,21,22,25). The van der Waals surface area contributed by atoms with Crippen LogP contribution in [-0.2, 0) is 4.79 Å². The third-order valence-electron chi connectivity index (χ3n) is 3.43. The van der Waals surface area contributed by atoms with Gasteiger partial charge in [-0.25, -0.2) is 0 Å². The summed E-state index contributed by atoms with van der Waals surface area (Å²) in [6.07, 6.45) is 0. The highest BCUT2D eigenvalue weighted by Gasteiger charge is 2.09. The molecule has 0 bridgehead atoms. The van der Waals surface area contributed by atoms with E-state index in [-0.39, 0.29) is 17.6 Å². The number of halogens is 1. The van der Waals surface area contributed by atoms with Gasteiger partial charge in [-0.1, -0.05) is 35.5 Å². The maximum absolute atomic E-state index is 12.0. The first-order valence-corrected chi connectivity index (χ1v) is 10.1. The quantitative estimate of drug-likeness (QED) is 0.576. The number of rotatable bonds is 6. The molecule has 2 amide bonds. The molecule has 2 N–H and O–H groups in total. The Balaban J connectivity index is 1.50. The summed E-state index contributed by atoms with van der Waals surface area (Å²) < 4.78 is 0. The van der Waals surface area contributed by atoms with Crippen molar-refractivity contribution in [2.24, 2.45) is 0 Å². The van der Waals surface area contributed by atoms with E-state index in [1.165, 1.54) is 23.1 Å². The molecule has 0 unspecified atom stereocenters. The Morgan fingerprint density at radius 1 is 1.15 bits per heavy atom. The van der Waals surface area contributed by atoms with Crippen molar-refractivity contribution in [3.63, 3.8) is 0 Å². The molecule has 1 aromatic carbocycles. The number of nitrogens with one attached hydrogen (secondary N) is 2. The van der Waals surface area contributed by atoms with Crippen molar-refractivity contribution in [2.75, 3.05) is 16.4 Å². The van der Waals surface area contributed by atoms with E-state index < -0.39 is 0 Å². The normalized spacial score (nSPS) is 10.4. The minimum absolute atomic E-state index is 0.170. The number of carbonyl (C=O) groups excluding carboxylic acids is 2. The number of hydrogen-bond donors (Lipinski definition) is 2. The lowest BCUT2D eigenvalue weighted by atomic mass is 10.2. The van der Waals surface area contributed by atoms with Crippen LogP contribution in [0.3, 0.4) is 0 Å². The smallest absolute Gasteiger partial charge is 0.266 e. The largest absolute Gasteiger partial charge is 0.325 e. The molecule has 138 valence electrons. The number of aryl methyl sites for hydroxylation is 1. The molecular formula is C18H15ClN4O2S2. The lowest BCUT2D eigenvalue weighted by molar-refractivity contribution is -0.113. The van der Waals surface area contributed by atoms with Gasteiger partial charge in [-0.05, 0) is 48.2 Å². The van der Waals surface area contributed by atoms with Crippen molar-refractivity contribution < 1.29 is 9.59 Å². The van der Waals surface area contributed by atoms with E-state index in [1.54, 1.807) is 36.4 Å². The Morgan fingerprint density at radius 3 is 2.67 bits per heavy atom. The second-order valence-corrected chi connectivity index (χ2v) is 7.84. The maximum Gasteiger partial charge on any atom is 0.266 e. The maximum atomic E-state index is 12.0. The monoisotopic (exact) mass is 418 g/mol. The first kappa shape index (κ1) is 19.3. The number of carbonyl (C=O) groups is 2. The van der Waals surface area contributed by atoms with Crippen LogP contribution in [0.25, 0.3) is 0 Å². The number of benzene rings is 1. The van der Waals surface area contributed by atoms with Crippen molar-refractivity contribution in [3.8, 4) is 0 Å². The number of hydrogen-bond acceptors (Lipinski definition) is 6. The molecular weight excluding hydrogens is 404 g/mol. The predicted molar refractivity (Wildman–Crippen MR) is 110 cm³/mol. The van der Waals surface area contributed by atoms with E-state index in [0.29, 0.717) is 26.4 Å². The minimum Gasteiger partial charge on any atom is -0.325 e. The van der Waals surface area contributed by atoms with Crippen LogP contribution in [0.1, 0.15) is 15.2 Å². The molecule has 0 aliphatic heterocycles. The van der Waals surface area contributed by atoms with Crippen molar-refractivity contribution >= 4 is 58.0 Å². The molecule has 0 saturated carbocycles. The van der Waals surface area contributed by atoms with Crippen molar-refractivity contribution in [1.82, 2.24) is 10.2 Å². The highest BCUT2D eigenvalue weighted by Crippen LogP contribution is 2.21. The highest BCUT2D eigenvalue weighted by molar-refractivity contribution is 7.99. The second-order valence-electron chi connectivity index (χ2n) is 5.49. The fraction of sp³-hybridized carbons (Fsp3) is 0.111. The van der Waals surface area contributed by atoms with E-state index in [1.807, 2.05) is 18.4 Å². The zero-order chi connectivity index (χ0) is 19.2. The molecule has 2 heterocycles. The molecule has 3 rings (SSSR count). The van der Waals surface area contributed by atoms with Crippen LogP contribution in [0.15, 0.2) is 52.9 Å². The minimum atomic E-state index is -0.226. The Labute approximate surface area is 169 Å². The second kappa shape index (κ2) is 8.98. The highest BCUT2D eigenvalue weighted by atomic mass is 35.5. The lowest BCUT2D eigenvalue weighted by Crippen LogP contribution is -2.14. The topological polar surface area (TPSA) is 84.0 Å². The summed E-state index contributed by atoms with van der Waals surface area (Å²) in [6.45, 7) is 1.90. The molecule has 2 aromatic heterocycles. The molecule has 3 aromatic rings. The van der Waals surface area contributed by atoms with Gasteiger partial charge in [0.2, 0.25) is 5.91 Å². The number of thioether (sulfide) groups is 1. The number of amides is 2. The fourth-order valence-electron chi connectivity index (χ4n) is 2.06. The summed E-state index contributed by atoms with van der Waals surface area (Å²) in [6, 6.07) is 12.3. The molecule has 0 fully saturated rings. The molecule has 6 nitrogen and oxygen atoms in total. The Hall–Kier alpha value is -2.42. The van der Waals surface area contributed by atoms with Crippen LogP contribution >= 0.6 is 34.7 Å². The summed E-state index contributed by atoms with van der Waals surface area (Å²) in [5.41, 5.74) is 1.60. The average molecular weight is 419 g/mol. The number of aromatic nitrogens is 2. The summed E-state index contributed by atoms with van der Waals surface area (Å²) >= 11 is 8.65. The van der Waals surface area contributed by atoms with Crippen LogP contribution in [0, 0.1) is 6.92 Å². The van der Waals surface area contributed by atoms with E-state index in [4.69, 9.17) is 11.6 Å². The Bertz CT molecular complexity index is 947. The van der Waals surface area contributed by atoms with Gasteiger partial charge >= 0.3 is 0 Å². The summed E-state index contributed by atoms with van der Waals surface area (Å²) in [5, 5.41) is 16.5. The zero-order valence-electron chi connectivity index (χ0n) is 14.2. The van der Waals surface area contributed by atoms with Crippen LogP contribution in [0.5, 0.6) is 0 Å². The van der Waals surface area contributed by atoms with Crippen LogP contribution in [-0.4, -0.2) is 27.8 Å². The van der Waals surface area contributed by atoms with E-state index >= 15 is 0 Å². The van der Waals surface area contributed by atoms with Crippen molar-refractivity contribution in [1.29, 1.82) is 0 Å². The molecule has 27 heavy (non-hydrogen) atoms. The van der Waals surface area contributed by atoms with Gasteiger partial charge in [-0.15, -0.1) is 21.5 Å². The molecule has 0 aliphatic rings. The molecule has 0 radical (unpaired) electrons. The van der Waals surface area contributed by atoms with Gasteiger partial charge < -0.3 is 10.6 Å². The van der Waals surface area contributed by atoms with Gasteiger partial charge in [0.05, 0.1) is 10.6 Å². The van der Waals surface area contributed by atoms with E-state index in [2.05, 4.69) is 20.8 Å². The summed E-state index contributed by atoms with van der Waals surface area (Å²) in [7, 11) is 0. The Kier molecular flexibility index (Phi) is 6.44. The predicted octanol–water partition coefficient (Wildman–Crippen LogP) is 4.48. The van der Waals surface area contributed by atoms with Gasteiger partial charge in [-0.2, -0.15) is 0 Å². The van der Waals surface area contributed by atoms with Gasteiger partial charge in [0.25, 0.3) is 5.91 Å². The molecule has 0 atom stereocenters. The third kappa shape index (κ3) is 5.53. The van der Waals surface area contributed by atoms with Gasteiger partial charge in [0, 0.05) is 10.7 Å². The van der Waals surface area contributed by atoms with Gasteiger partial charge in [-0.3, -0.25) is 9.59 Å². The van der Waals surface area contributed by atoms with Gasteiger partial charge in [0.15, 0.2) is 5.82 Å². The van der Waals surface area contributed by atoms with Crippen LogP contribution in [0.4, 0.5) is 11.5 Å². The number of nitrogens with zero attached hydrogens (tertiary/aromatic N) is 2. The molecule has 9 heteroatoms.